The number of carboxylic acids is 1. The molecule has 3 aromatic rings. The van der Waals surface area contributed by atoms with E-state index in [1.807, 2.05) is 48.5 Å². The van der Waals surface area contributed by atoms with Crippen LogP contribution in [0.4, 0.5) is 0 Å². The van der Waals surface area contributed by atoms with Crippen molar-refractivity contribution >= 4 is 16.9 Å². The second-order valence-corrected chi connectivity index (χ2v) is 7.10. The largest absolute Gasteiger partial charge is 0.493 e. The predicted octanol–water partition coefficient (Wildman–Crippen LogP) is 2.81. The van der Waals surface area contributed by atoms with Gasteiger partial charge in [-0.1, -0.05) is 30.3 Å². The van der Waals surface area contributed by atoms with Crippen LogP contribution in [-0.2, 0) is 17.8 Å². The molecule has 6 heteroatoms. The van der Waals surface area contributed by atoms with Gasteiger partial charge < -0.3 is 20.1 Å². The van der Waals surface area contributed by atoms with E-state index in [0.717, 1.165) is 34.2 Å². The Morgan fingerprint density at radius 2 is 2.07 bits per heavy atom. The summed E-state index contributed by atoms with van der Waals surface area (Å²) in [5.74, 6) is -0.136. The number of aliphatic carboxylic acids is 1. The fourth-order valence-electron chi connectivity index (χ4n) is 3.68. The highest BCUT2D eigenvalue weighted by molar-refractivity contribution is 5.78. The van der Waals surface area contributed by atoms with E-state index in [1.54, 1.807) is 0 Å². The first-order valence-corrected chi connectivity index (χ1v) is 9.39. The van der Waals surface area contributed by atoms with E-state index < -0.39 is 5.97 Å². The monoisotopic (exact) mass is 378 g/mol. The second-order valence-electron chi connectivity index (χ2n) is 7.10. The van der Waals surface area contributed by atoms with Gasteiger partial charge in [-0.3, -0.25) is 9.59 Å². The first kappa shape index (κ1) is 18.3. The molecule has 4 rings (SSSR count). The predicted molar refractivity (Wildman–Crippen MR) is 107 cm³/mol. The molecule has 0 spiro atoms. The van der Waals surface area contributed by atoms with Crippen molar-refractivity contribution in [2.75, 3.05) is 13.2 Å². The van der Waals surface area contributed by atoms with Crippen LogP contribution in [0.3, 0.4) is 0 Å². The SMILES string of the molecule is O=C(O)CC(CNCc1cc2ccccc2[nH]c1=O)c1ccc2c(c1)CCO2. The van der Waals surface area contributed by atoms with Crippen molar-refractivity contribution in [1.82, 2.24) is 10.3 Å². The van der Waals surface area contributed by atoms with E-state index in [9.17, 15) is 14.7 Å². The van der Waals surface area contributed by atoms with Crippen LogP contribution >= 0.6 is 0 Å². The van der Waals surface area contributed by atoms with Gasteiger partial charge in [0.2, 0.25) is 0 Å². The summed E-state index contributed by atoms with van der Waals surface area (Å²) in [5, 5.41) is 13.5. The van der Waals surface area contributed by atoms with Gasteiger partial charge in [0, 0.05) is 36.5 Å². The zero-order valence-corrected chi connectivity index (χ0v) is 15.4. The summed E-state index contributed by atoms with van der Waals surface area (Å²) in [6.45, 7) is 1.52. The van der Waals surface area contributed by atoms with Gasteiger partial charge >= 0.3 is 5.97 Å². The number of aromatic nitrogens is 1. The molecule has 1 atom stereocenters. The molecule has 0 aliphatic carbocycles. The first-order chi connectivity index (χ1) is 13.6. The smallest absolute Gasteiger partial charge is 0.304 e. The lowest BCUT2D eigenvalue weighted by Gasteiger charge is -2.17. The van der Waals surface area contributed by atoms with Crippen molar-refractivity contribution in [1.29, 1.82) is 0 Å². The normalized spacial score (nSPS) is 13.9. The van der Waals surface area contributed by atoms with E-state index in [4.69, 9.17) is 4.74 Å². The summed E-state index contributed by atoms with van der Waals surface area (Å²) < 4.78 is 5.53. The maximum absolute atomic E-state index is 12.3. The van der Waals surface area contributed by atoms with E-state index >= 15 is 0 Å². The van der Waals surface area contributed by atoms with Gasteiger partial charge in [0.1, 0.15) is 5.75 Å². The second kappa shape index (κ2) is 7.86. The molecular formula is C22H22N2O4. The van der Waals surface area contributed by atoms with Crippen LogP contribution in [0.1, 0.15) is 29.0 Å². The highest BCUT2D eigenvalue weighted by Gasteiger charge is 2.19. The molecule has 1 unspecified atom stereocenters. The molecule has 0 amide bonds. The van der Waals surface area contributed by atoms with Gasteiger partial charge in [-0.15, -0.1) is 0 Å². The number of rotatable bonds is 7. The number of aromatic amines is 1. The summed E-state index contributed by atoms with van der Waals surface area (Å²) in [6.07, 6.45) is 0.879. The Morgan fingerprint density at radius 1 is 1.21 bits per heavy atom. The fourth-order valence-corrected chi connectivity index (χ4v) is 3.68. The Kier molecular flexibility index (Phi) is 5.12. The molecule has 3 N–H and O–H groups in total. The maximum atomic E-state index is 12.3. The summed E-state index contributed by atoms with van der Waals surface area (Å²) in [7, 11) is 0. The Balaban J connectivity index is 1.48. The zero-order chi connectivity index (χ0) is 19.5. The summed E-state index contributed by atoms with van der Waals surface area (Å²) in [6, 6.07) is 15.4. The molecule has 0 saturated carbocycles. The average molecular weight is 378 g/mol. The Bertz CT molecular complexity index is 1070. The van der Waals surface area contributed by atoms with Crippen molar-refractivity contribution in [2.24, 2.45) is 0 Å². The van der Waals surface area contributed by atoms with Crippen LogP contribution in [-0.4, -0.2) is 29.2 Å². The van der Waals surface area contributed by atoms with E-state index in [2.05, 4.69) is 10.3 Å². The van der Waals surface area contributed by atoms with Gasteiger partial charge in [-0.05, 0) is 34.7 Å². The number of para-hydroxylation sites is 1. The maximum Gasteiger partial charge on any atom is 0.304 e. The minimum Gasteiger partial charge on any atom is -0.493 e. The van der Waals surface area contributed by atoms with Gasteiger partial charge in [-0.2, -0.15) is 0 Å². The molecular weight excluding hydrogens is 356 g/mol. The lowest BCUT2D eigenvalue weighted by atomic mass is 9.93. The topological polar surface area (TPSA) is 91.4 Å². The highest BCUT2D eigenvalue weighted by atomic mass is 16.5. The van der Waals surface area contributed by atoms with Gasteiger partial charge in [0.05, 0.1) is 13.0 Å². The third-order valence-electron chi connectivity index (χ3n) is 5.14. The Hall–Kier alpha value is -3.12. The molecule has 144 valence electrons. The van der Waals surface area contributed by atoms with Crippen LogP contribution in [0.5, 0.6) is 5.75 Å². The number of hydrogen-bond donors (Lipinski definition) is 3. The van der Waals surface area contributed by atoms with Crippen molar-refractivity contribution in [3.8, 4) is 5.75 Å². The summed E-state index contributed by atoms with van der Waals surface area (Å²) in [5.41, 5.74) is 3.41. The van der Waals surface area contributed by atoms with Crippen LogP contribution in [0.2, 0.25) is 0 Å². The van der Waals surface area contributed by atoms with Gasteiger partial charge in [-0.25, -0.2) is 0 Å². The minimum absolute atomic E-state index is 0.0285. The van der Waals surface area contributed by atoms with Crippen molar-refractivity contribution in [2.45, 2.75) is 25.3 Å². The van der Waals surface area contributed by atoms with Crippen LogP contribution < -0.4 is 15.6 Å². The molecule has 0 fully saturated rings. The first-order valence-electron chi connectivity index (χ1n) is 9.39. The van der Waals surface area contributed by atoms with Crippen molar-refractivity contribution < 1.29 is 14.6 Å². The van der Waals surface area contributed by atoms with E-state index in [1.165, 1.54) is 0 Å². The fraction of sp³-hybridized carbons (Fsp3) is 0.273. The molecule has 1 aromatic heterocycles. The van der Waals surface area contributed by atoms with Crippen LogP contribution in [0, 0.1) is 0 Å². The van der Waals surface area contributed by atoms with Crippen molar-refractivity contribution in [3.05, 3.63) is 75.6 Å². The lowest BCUT2D eigenvalue weighted by Crippen LogP contribution is -2.26. The Labute approximate surface area is 162 Å². The van der Waals surface area contributed by atoms with E-state index in [-0.39, 0.29) is 17.9 Å². The lowest BCUT2D eigenvalue weighted by molar-refractivity contribution is -0.137. The zero-order valence-electron chi connectivity index (χ0n) is 15.4. The van der Waals surface area contributed by atoms with Gasteiger partial charge in [0.15, 0.2) is 0 Å². The quantitative estimate of drug-likeness (QED) is 0.588. The number of pyridine rings is 1. The molecule has 2 heterocycles. The van der Waals surface area contributed by atoms with Crippen LogP contribution in [0.15, 0.2) is 53.3 Å². The standard InChI is InChI=1S/C22H22N2O4/c25-21(26)11-17(14-5-6-20-16(9-14)7-8-28-20)12-23-13-18-10-15-3-1-2-4-19(15)24-22(18)27/h1-6,9-10,17,23H,7-8,11-13H2,(H,24,27)(H,25,26). The highest BCUT2D eigenvalue weighted by Crippen LogP contribution is 2.30. The van der Waals surface area contributed by atoms with E-state index in [0.29, 0.717) is 25.3 Å². The Morgan fingerprint density at radius 3 is 2.93 bits per heavy atom. The number of ether oxygens (including phenoxy) is 1. The molecule has 2 aromatic carbocycles. The average Bonchev–Trinajstić information content (AvgIpc) is 3.15. The number of H-pyrrole nitrogens is 1. The number of fused-ring (bicyclic) bond motifs is 2. The van der Waals surface area contributed by atoms with Gasteiger partial charge in [0.25, 0.3) is 5.56 Å². The van der Waals surface area contributed by atoms with Crippen LogP contribution in [0.25, 0.3) is 10.9 Å². The summed E-state index contributed by atoms with van der Waals surface area (Å²) >= 11 is 0. The molecule has 0 radical (unpaired) electrons. The molecule has 28 heavy (non-hydrogen) atoms. The number of carbonyl (C=O) groups is 1. The molecule has 6 nitrogen and oxygen atoms in total. The number of hydrogen-bond acceptors (Lipinski definition) is 4. The van der Waals surface area contributed by atoms with Crippen molar-refractivity contribution in [3.63, 3.8) is 0 Å². The number of benzene rings is 2. The molecule has 0 saturated heterocycles. The minimum atomic E-state index is -0.841. The molecule has 1 aliphatic rings. The third-order valence-corrected chi connectivity index (χ3v) is 5.14. The number of carboxylic acid groups (broad SMARTS) is 1. The third kappa shape index (κ3) is 3.92. The molecule has 1 aliphatic heterocycles. The summed E-state index contributed by atoms with van der Waals surface area (Å²) in [4.78, 5) is 26.5. The molecule has 0 bridgehead atoms. The number of nitrogens with one attached hydrogen (secondary N) is 2.